The van der Waals surface area contributed by atoms with Gasteiger partial charge in [0, 0.05) is 32.8 Å². The highest BCUT2D eigenvalue weighted by molar-refractivity contribution is 5.88. The van der Waals surface area contributed by atoms with Gasteiger partial charge in [-0.1, -0.05) is 19.3 Å². The summed E-state index contributed by atoms with van der Waals surface area (Å²) in [5, 5.41) is 6.23. The van der Waals surface area contributed by atoms with Gasteiger partial charge in [-0.25, -0.2) is 0 Å². The van der Waals surface area contributed by atoms with E-state index in [-0.39, 0.29) is 30.4 Å². The molecule has 6 heteroatoms. The molecule has 2 N–H and O–H groups in total. The maximum absolute atomic E-state index is 12.6. The second-order valence-electron chi connectivity index (χ2n) is 7.44. The Bertz CT molecular complexity index is 431. The maximum Gasteiger partial charge on any atom is 0.240 e. The van der Waals surface area contributed by atoms with Gasteiger partial charge in [0.05, 0.1) is 18.6 Å². The molecule has 0 spiro atoms. The van der Waals surface area contributed by atoms with Crippen LogP contribution in [-0.2, 0) is 14.3 Å². The van der Waals surface area contributed by atoms with E-state index in [2.05, 4.69) is 10.6 Å². The number of carbonyl (C=O) groups excluding carboxylic acids is 2. The average molecular weight is 337 g/mol. The molecule has 1 saturated carbocycles. The standard InChI is InChI=1S/C18H31N3O3/c22-17(20-12-14-5-2-1-3-6-14)11-16-18(23)21(9-8-19-16)13-15-7-4-10-24-15/h14-16,19H,1-13H2,(H,20,22). The molecule has 2 amide bonds. The molecule has 0 aromatic carbocycles. The van der Waals surface area contributed by atoms with E-state index in [0.717, 1.165) is 32.5 Å². The number of hydrogen-bond donors (Lipinski definition) is 2. The molecule has 0 bridgehead atoms. The highest BCUT2D eigenvalue weighted by atomic mass is 16.5. The van der Waals surface area contributed by atoms with Crippen molar-refractivity contribution in [3.8, 4) is 0 Å². The molecule has 2 heterocycles. The molecule has 6 nitrogen and oxygen atoms in total. The summed E-state index contributed by atoms with van der Waals surface area (Å²) in [7, 11) is 0. The Kier molecular flexibility index (Phi) is 6.49. The smallest absolute Gasteiger partial charge is 0.240 e. The minimum absolute atomic E-state index is 0.00890. The van der Waals surface area contributed by atoms with E-state index in [9.17, 15) is 9.59 Å². The Hall–Kier alpha value is -1.14. The number of amides is 2. The van der Waals surface area contributed by atoms with Crippen molar-refractivity contribution in [1.82, 2.24) is 15.5 Å². The van der Waals surface area contributed by atoms with Crippen molar-refractivity contribution in [3.63, 3.8) is 0 Å². The van der Waals surface area contributed by atoms with Crippen LogP contribution in [-0.4, -0.2) is 61.6 Å². The van der Waals surface area contributed by atoms with Crippen LogP contribution in [0.5, 0.6) is 0 Å². The molecule has 0 aromatic heterocycles. The third-order valence-corrected chi connectivity index (χ3v) is 5.53. The fourth-order valence-corrected chi connectivity index (χ4v) is 4.07. The molecule has 136 valence electrons. The fraction of sp³-hybridized carbons (Fsp3) is 0.889. The predicted octanol–water partition coefficient (Wildman–Crippen LogP) is 1.05. The molecule has 3 fully saturated rings. The van der Waals surface area contributed by atoms with Gasteiger partial charge in [-0.2, -0.15) is 0 Å². The third-order valence-electron chi connectivity index (χ3n) is 5.53. The summed E-state index contributed by atoms with van der Waals surface area (Å²) in [5.41, 5.74) is 0. The van der Waals surface area contributed by atoms with E-state index in [4.69, 9.17) is 4.74 Å². The minimum Gasteiger partial charge on any atom is -0.376 e. The number of piperazine rings is 1. The van der Waals surface area contributed by atoms with Crippen molar-refractivity contribution in [1.29, 1.82) is 0 Å². The minimum atomic E-state index is -0.383. The molecule has 2 aliphatic heterocycles. The Morgan fingerprint density at radius 2 is 2.04 bits per heavy atom. The zero-order chi connectivity index (χ0) is 16.8. The third kappa shape index (κ3) is 4.93. The first-order valence-corrected chi connectivity index (χ1v) is 9.63. The van der Waals surface area contributed by atoms with Gasteiger partial charge in [-0.05, 0) is 31.6 Å². The predicted molar refractivity (Wildman–Crippen MR) is 91.5 cm³/mol. The second-order valence-corrected chi connectivity index (χ2v) is 7.44. The van der Waals surface area contributed by atoms with E-state index in [1.54, 1.807) is 0 Å². The van der Waals surface area contributed by atoms with Gasteiger partial charge in [0.1, 0.15) is 0 Å². The topological polar surface area (TPSA) is 70.7 Å². The van der Waals surface area contributed by atoms with Crippen molar-refractivity contribution in [2.75, 3.05) is 32.8 Å². The van der Waals surface area contributed by atoms with Crippen LogP contribution in [0, 0.1) is 5.92 Å². The van der Waals surface area contributed by atoms with Crippen LogP contribution < -0.4 is 10.6 Å². The van der Waals surface area contributed by atoms with E-state index >= 15 is 0 Å². The molecule has 1 aliphatic carbocycles. The van der Waals surface area contributed by atoms with Crippen LogP contribution in [0.25, 0.3) is 0 Å². The number of carbonyl (C=O) groups is 2. The van der Waals surface area contributed by atoms with Gasteiger partial charge in [-0.15, -0.1) is 0 Å². The van der Waals surface area contributed by atoms with Crippen LogP contribution >= 0.6 is 0 Å². The summed E-state index contributed by atoms with van der Waals surface area (Å²) in [6.45, 7) is 3.69. The molecule has 2 saturated heterocycles. The van der Waals surface area contributed by atoms with Gasteiger partial charge in [0.15, 0.2) is 0 Å². The number of nitrogens with zero attached hydrogens (tertiary/aromatic N) is 1. The number of hydrogen-bond acceptors (Lipinski definition) is 4. The molecular weight excluding hydrogens is 306 g/mol. The van der Waals surface area contributed by atoms with E-state index in [1.807, 2.05) is 4.90 Å². The van der Waals surface area contributed by atoms with Crippen LogP contribution in [0.3, 0.4) is 0 Å². The molecule has 3 rings (SSSR count). The van der Waals surface area contributed by atoms with E-state index in [1.165, 1.54) is 32.1 Å². The summed E-state index contributed by atoms with van der Waals surface area (Å²) in [6.07, 6.45) is 8.85. The zero-order valence-electron chi connectivity index (χ0n) is 14.6. The lowest BCUT2D eigenvalue weighted by molar-refractivity contribution is -0.139. The summed E-state index contributed by atoms with van der Waals surface area (Å²) >= 11 is 0. The molecule has 0 aromatic rings. The Morgan fingerprint density at radius 3 is 2.79 bits per heavy atom. The molecule has 0 radical (unpaired) electrons. The average Bonchev–Trinajstić information content (AvgIpc) is 3.11. The lowest BCUT2D eigenvalue weighted by atomic mass is 9.89. The molecule has 2 atom stereocenters. The monoisotopic (exact) mass is 337 g/mol. The van der Waals surface area contributed by atoms with Crippen LogP contribution in [0.4, 0.5) is 0 Å². The number of nitrogens with one attached hydrogen (secondary N) is 2. The normalized spacial score (nSPS) is 29.0. The van der Waals surface area contributed by atoms with Gasteiger partial charge in [0.2, 0.25) is 11.8 Å². The Morgan fingerprint density at radius 1 is 1.21 bits per heavy atom. The molecule has 24 heavy (non-hydrogen) atoms. The number of rotatable bonds is 6. The Balaban J connectivity index is 1.41. The molecular formula is C18H31N3O3. The van der Waals surface area contributed by atoms with Crippen molar-refractivity contribution in [2.45, 2.75) is 63.5 Å². The summed E-state index contributed by atoms with van der Waals surface area (Å²) < 4.78 is 5.63. The lowest BCUT2D eigenvalue weighted by Crippen LogP contribution is -2.57. The van der Waals surface area contributed by atoms with E-state index in [0.29, 0.717) is 19.0 Å². The fourth-order valence-electron chi connectivity index (χ4n) is 4.07. The first kappa shape index (κ1) is 17.7. The van der Waals surface area contributed by atoms with Gasteiger partial charge >= 0.3 is 0 Å². The summed E-state index contributed by atoms with van der Waals surface area (Å²) in [6, 6.07) is -0.383. The van der Waals surface area contributed by atoms with Crippen molar-refractivity contribution < 1.29 is 14.3 Å². The largest absolute Gasteiger partial charge is 0.376 e. The van der Waals surface area contributed by atoms with Crippen LogP contribution in [0.1, 0.15) is 51.4 Å². The summed E-state index contributed by atoms with van der Waals surface area (Å²) in [5.74, 6) is 0.656. The van der Waals surface area contributed by atoms with Crippen molar-refractivity contribution in [3.05, 3.63) is 0 Å². The van der Waals surface area contributed by atoms with Gasteiger partial charge < -0.3 is 20.3 Å². The van der Waals surface area contributed by atoms with Crippen LogP contribution in [0.15, 0.2) is 0 Å². The highest BCUT2D eigenvalue weighted by Crippen LogP contribution is 2.22. The first-order valence-electron chi connectivity index (χ1n) is 9.63. The van der Waals surface area contributed by atoms with E-state index < -0.39 is 0 Å². The maximum atomic E-state index is 12.6. The zero-order valence-corrected chi connectivity index (χ0v) is 14.6. The quantitative estimate of drug-likeness (QED) is 0.760. The van der Waals surface area contributed by atoms with Crippen molar-refractivity contribution in [2.24, 2.45) is 5.92 Å². The van der Waals surface area contributed by atoms with Gasteiger partial charge in [-0.3, -0.25) is 9.59 Å². The number of ether oxygens (including phenoxy) is 1. The lowest BCUT2D eigenvalue weighted by Gasteiger charge is -2.34. The van der Waals surface area contributed by atoms with Crippen molar-refractivity contribution >= 4 is 11.8 Å². The molecule has 3 aliphatic rings. The second kappa shape index (κ2) is 8.81. The van der Waals surface area contributed by atoms with Crippen LogP contribution in [0.2, 0.25) is 0 Å². The van der Waals surface area contributed by atoms with Gasteiger partial charge in [0.25, 0.3) is 0 Å². The molecule has 2 unspecified atom stereocenters. The Labute approximate surface area is 144 Å². The first-order chi connectivity index (χ1) is 11.7. The summed E-state index contributed by atoms with van der Waals surface area (Å²) in [4.78, 5) is 26.7. The SMILES string of the molecule is O=C(CC1NCCN(CC2CCCO2)C1=O)NCC1CCCCC1. The highest BCUT2D eigenvalue weighted by Gasteiger charge is 2.32.